The van der Waals surface area contributed by atoms with Crippen LogP contribution < -0.4 is 21.7 Å². The molecule has 3 rings (SSSR count). The number of benzene rings is 1. The van der Waals surface area contributed by atoms with Crippen LogP contribution in [0, 0.1) is 0 Å². The quantitative estimate of drug-likeness (QED) is 0.541. The molecule has 2 aromatic heterocycles. The Morgan fingerprint density at radius 2 is 1.96 bits per heavy atom. The van der Waals surface area contributed by atoms with E-state index in [9.17, 15) is 22.8 Å². The van der Waals surface area contributed by atoms with Crippen molar-refractivity contribution in [2.75, 3.05) is 5.32 Å². The van der Waals surface area contributed by atoms with Crippen LogP contribution in [0.1, 0.15) is 16.1 Å². The standard InChI is InChI=1S/C17H15N5O5S/c18-28(26,27)13-6-3-5-11(8-13)21-15(23)14-9-20-17(25)22(16(14)24)10-12-4-1-2-7-19-12/h1-9H,10H2,(H,20,25)(H,21,23)(H2,18,26,27). The van der Waals surface area contributed by atoms with E-state index in [0.29, 0.717) is 5.69 Å². The Hall–Kier alpha value is -3.57. The maximum absolute atomic E-state index is 12.6. The molecule has 28 heavy (non-hydrogen) atoms. The number of primary sulfonamides is 1. The molecule has 144 valence electrons. The molecule has 0 spiro atoms. The van der Waals surface area contributed by atoms with Crippen LogP contribution in [0.25, 0.3) is 0 Å². The minimum atomic E-state index is -3.95. The SMILES string of the molecule is NS(=O)(=O)c1cccc(NC(=O)c2c[nH]c(=O)n(Cc3ccccn3)c2=O)c1. The van der Waals surface area contributed by atoms with Gasteiger partial charge < -0.3 is 10.3 Å². The van der Waals surface area contributed by atoms with Gasteiger partial charge in [-0.05, 0) is 30.3 Å². The van der Waals surface area contributed by atoms with Crippen molar-refractivity contribution in [2.45, 2.75) is 11.4 Å². The zero-order valence-electron chi connectivity index (χ0n) is 14.3. The summed E-state index contributed by atoms with van der Waals surface area (Å²) in [5.41, 5.74) is -1.23. The Kier molecular flexibility index (Phi) is 5.20. The summed E-state index contributed by atoms with van der Waals surface area (Å²) in [6.07, 6.45) is 2.52. The number of carbonyl (C=O) groups is 1. The monoisotopic (exact) mass is 401 g/mol. The normalized spacial score (nSPS) is 11.2. The van der Waals surface area contributed by atoms with Crippen molar-refractivity contribution in [3.8, 4) is 0 Å². The fraction of sp³-hybridized carbons (Fsp3) is 0.0588. The van der Waals surface area contributed by atoms with Crippen molar-refractivity contribution >= 4 is 21.6 Å². The van der Waals surface area contributed by atoms with Crippen molar-refractivity contribution < 1.29 is 13.2 Å². The Labute approximate surface area is 158 Å². The zero-order valence-corrected chi connectivity index (χ0v) is 15.1. The summed E-state index contributed by atoms with van der Waals surface area (Å²) < 4.78 is 23.7. The van der Waals surface area contributed by atoms with E-state index in [1.807, 2.05) is 0 Å². The average Bonchev–Trinajstić information content (AvgIpc) is 2.65. The minimum Gasteiger partial charge on any atom is -0.322 e. The topological polar surface area (TPSA) is 157 Å². The molecule has 10 nitrogen and oxygen atoms in total. The van der Waals surface area contributed by atoms with E-state index in [0.717, 1.165) is 16.8 Å². The molecule has 0 aliphatic rings. The van der Waals surface area contributed by atoms with Crippen molar-refractivity contribution in [3.63, 3.8) is 0 Å². The Bertz CT molecular complexity index is 1250. The molecule has 2 heterocycles. The number of pyridine rings is 1. The number of sulfonamides is 1. The van der Waals surface area contributed by atoms with E-state index in [1.54, 1.807) is 18.2 Å². The molecule has 1 aromatic carbocycles. The zero-order chi connectivity index (χ0) is 20.3. The number of aromatic nitrogens is 3. The molecule has 0 aliphatic carbocycles. The van der Waals surface area contributed by atoms with E-state index in [4.69, 9.17) is 5.14 Å². The van der Waals surface area contributed by atoms with Gasteiger partial charge in [-0.1, -0.05) is 12.1 Å². The fourth-order valence-electron chi connectivity index (χ4n) is 2.42. The van der Waals surface area contributed by atoms with E-state index in [1.165, 1.54) is 24.4 Å². The largest absolute Gasteiger partial charge is 0.328 e. The second kappa shape index (κ2) is 7.58. The Balaban J connectivity index is 1.92. The third-order valence-electron chi connectivity index (χ3n) is 3.77. The molecule has 0 radical (unpaired) electrons. The molecule has 0 aliphatic heterocycles. The van der Waals surface area contributed by atoms with Crippen LogP contribution in [0.15, 0.2) is 69.3 Å². The number of amides is 1. The lowest BCUT2D eigenvalue weighted by Gasteiger charge is -2.08. The summed E-state index contributed by atoms with van der Waals surface area (Å²) in [6, 6.07) is 10.3. The van der Waals surface area contributed by atoms with Crippen LogP contribution in [0.2, 0.25) is 0 Å². The number of rotatable bonds is 5. The second-order valence-electron chi connectivity index (χ2n) is 5.75. The van der Waals surface area contributed by atoms with Gasteiger partial charge in [0, 0.05) is 18.1 Å². The number of aromatic amines is 1. The highest BCUT2D eigenvalue weighted by atomic mass is 32.2. The molecular weight excluding hydrogens is 386 g/mol. The number of hydrogen-bond donors (Lipinski definition) is 3. The van der Waals surface area contributed by atoms with Crippen LogP contribution in [-0.4, -0.2) is 28.9 Å². The van der Waals surface area contributed by atoms with Gasteiger partial charge in [-0.15, -0.1) is 0 Å². The van der Waals surface area contributed by atoms with Gasteiger partial charge in [0.2, 0.25) is 10.0 Å². The number of anilines is 1. The lowest BCUT2D eigenvalue weighted by molar-refractivity contribution is 0.102. The predicted octanol–water partition coefficient (Wildman–Crippen LogP) is -0.120. The summed E-state index contributed by atoms with van der Waals surface area (Å²) in [5.74, 6) is -0.817. The number of carbonyl (C=O) groups excluding carboxylic acids is 1. The second-order valence-corrected chi connectivity index (χ2v) is 7.31. The average molecular weight is 401 g/mol. The van der Waals surface area contributed by atoms with Crippen molar-refractivity contribution in [1.29, 1.82) is 0 Å². The van der Waals surface area contributed by atoms with Gasteiger partial charge >= 0.3 is 5.69 Å². The van der Waals surface area contributed by atoms with Crippen LogP contribution in [0.3, 0.4) is 0 Å². The van der Waals surface area contributed by atoms with Gasteiger partial charge in [0.15, 0.2) is 0 Å². The lowest BCUT2D eigenvalue weighted by atomic mass is 10.2. The summed E-state index contributed by atoms with van der Waals surface area (Å²) in [6.45, 7) is -0.114. The van der Waals surface area contributed by atoms with Gasteiger partial charge in [0.05, 0.1) is 17.1 Å². The van der Waals surface area contributed by atoms with Crippen molar-refractivity contribution in [1.82, 2.24) is 14.5 Å². The van der Waals surface area contributed by atoms with Crippen LogP contribution >= 0.6 is 0 Å². The lowest BCUT2D eigenvalue weighted by Crippen LogP contribution is -2.39. The summed E-state index contributed by atoms with van der Waals surface area (Å²) in [7, 11) is -3.95. The maximum atomic E-state index is 12.6. The first-order chi connectivity index (χ1) is 13.3. The molecule has 1 amide bonds. The van der Waals surface area contributed by atoms with E-state index < -0.39 is 27.2 Å². The molecule has 0 unspecified atom stereocenters. The van der Waals surface area contributed by atoms with E-state index in [-0.39, 0.29) is 22.7 Å². The highest BCUT2D eigenvalue weighted by molar-refractivity contribution is 7.89. The molecule has 11 heteroatoms. The Morgan fingerprint density at radius 1 is 1.18 bits per heavy atom. The van der Waals surface area contributed by atoms with Crippen LogP contribution in [-0.2, 0) is 16.6 Å². The first kappa shape index (κ1) is 19.2. The van der Waals surface area contributed by atoms with Crippen molar-refractivity contribution in [2.24, 2.45) is 5.14 Å². The first-order valence-electron chi connectivity index (χ1n) is 7.92. The van der Waals surface area contributed by atoms with Crippen LogP contribution in [0.5, 0.6) is 0 Å². The highest BCUT2D eigenvalue weighted by Gasteiger charge is 2.16. The molecule has 0 bridgehead atoms. The predicted molar refractivity (Wildman–Crippen MR) is 100 cm³/mol. The summed E-state index contributed by atoms with van der Waals surface area (Å²) >= 11 is 0. The number of nitrogens with two attached hydrogens (primary N) is 1. The van der Waals surface area contributed by atoms with Gasteiger partial charge in [0.1, 0.15) is 5.56 Å². The molecule has 0 fully saturated rings. The summed E-state index contributed by atoms with van der Waals surface area (Å²) in [4.78, 5) is 43.2. The molecule has 4 N–H and O–H groups in total. The third-order valence-corrected chi connectivity index (χ3v) is 4.68. The molecule has 0 saturated heterocycles. The maximum Gasteiger partial charge on any atom is 0.328 e. The number of hydrogen-bond acceptors (Lipinski definition) is 6. The molecule has 3 aromatic rings. The smallest absolute Gasteiger partial charge is 0.322 e. The van der Waals surface area contributed by atoms with Gasteiger partial charge in [0.25, 0.3) is 11.5 Å². The van der Waals surface area contributed by atoms with Crippen molar-refractivity contribution in [3.05, 3.63) is 87.0 Å². The minimum absolute atomic E-state index is 0.114. The number of nitrogens with zero attached hydrogens (tertiary/aromatic N) is 2. The molecule has 0 atom stereocenters. The van der Waals surface area contributed by atoms with Gasteiger partial charge in [-0.25, -0.2) is 18.4 Å². The van der Waals surface area contributed by atoms with Crippen LogP contribution in [0.4, 0.5) is 5.69 Å². The van der Waals surface area contributed by atoms with E-state index in [2.05, 4.69) is 15.3 Å². The summed E-state index contributed by atoms with van der Waals surface area (Å²) in [5, 5.41) is 7.47. The van der Waals surface area contributed by atoms with Gasteiger partial charge in [-0.3, -0.25) is 19.1 Å². The number of H-pyrrole nitrogens is 1. The van der Waals surface area contributed by atoms with E-state index >= 15 is 0 Å². The first-order valence-corrected chi connectivity index (χ1v) is 9.47. The fourth-order valence-corrected chi connectivity index (χ4v) is 2.98. The third kappa shape index (κ3) is 4.22. The molecule has 0 saturated carbocycles. The molecular formula is C17H15N5O5S. The highest BCUT2D eigenvalue weighted by Crippen LogP contribution is 2.14. The number of nitrogens with one attached hydrogen (secondary N) is 2. The van der Waals surface area contributed by atoms with Gasteiger partial charge in [-0.2, -0.15) is 0 Å². The Morgan fingerprint density at radius 3 is 2.64 bits per heavy atom.